The lowest BCUT2D eigenvalue weighted by Gasteiger charge is -2.14. The minimum atomic E-state index is -0.311. The maximum Gasteiger partial charge on any atom is 0.260 e. The number of imide groups is 1. The Morgan fingerprint density at radius 1 is 1.32 bits per heavy atom. The van der Waals surface area contributed by atoms with Gasteiger partial charge in [-0.1, -0.05) is 6.92 Å². The van der Waals surface area contributed by atoms with Gasteiger partial charge in [0.1, 0.15) is 6.61 Å². The van der Waals surface area contributed by atoms with E-state index in [9.17, 15) is 19.2 Å². The van der Waals surface area contributed by atoms with E-state index in [1.54, 1.807) is 14.0 Å². The van der Waals surface area contributed by atoms with Crippen LogP contribution in [-0.4, -0.2) is 61.9 Å². The molecule has 1 fully saturated rings. The number of hydrogen-bond donors (Lipinski definition) is 3. The van der Waals surface area contributed by atoms with Gasteiger partial charge in [0.25, 0.3) is 5.91 Å². The highest BCUT2D eigenvalue weighted by Crippen LogP contribution is 2.18. The molecule has 0 bridgehead atoms. The molecule has 3 N–H and O–H groups in total. The van der Waals surface area contributed by atoms with Gasteiger partial charge >= 0.3 is 0 Å². The molecule has 1 unspecified atom stereocenters. The van der Waals surface area contributed by atoms with E-state index in [0.717, 1.165) is 4.90 Å². The summed E-state index contributed by atoms with van der Waals surface area (Å²) >= 11 is 0. The maximum absolute atomic E-state index is 11.7. The minimum absolute atomic E-state index is 0.0600. The van der Waals surface area contributed by atoms with Gasteiger partial charge in [-0.3, -0.25) is 29.5 Å². The van der Waals surface area contributed by atoms with Crippen LogP contribution in [0.25, 0.3) is 0 Å². The number of likely N-dealkylation sites (tertiary alicyclic amines) is 1. The zero-order valence-corrected chi connectivity index (χ0v) is 12.8. The molecule has 22 heavy (non-hydrogen) atoms. The van der Waals surface area contributed by atoms with Crippen molar-refractivity contribution in [3.63, 3.8) is 0 Å². The lowest BCUT2D eigenvalue weighted by molar-refractivity contribution is -0.139. The second-order valence-corrected chi connectivity index (χ2v) is 4.94. The molecular formula is C13H22N4O5. The van der Waals surface area contributed by atoms with Gasteiger partial charge in [-0.05, 0) is 0 Å². The molecular weight excluding hydrogens is 292 g/mol. The monoisotopic (exact) mass is 314 g/mol. The van der Waals surface area contributed by atoms with Gasteiger partial charge < -0.3 is 10.1 Å². The number of hydrogen-bond acceptors (Lipinski definition) is 6. The minimum Gasteiger partial charge on any atom is -0.370 e. The molecule has 0 radical (unpaired) electrons. The van der Waals surface area contributed by atoms with Crippen LogP contribution in [0.2, 0.25) is 0 Å². The predicted molar refractivity (Wildman–Crippen MR) is 76.1 cm³/mol. The number of nitrogens with one attached hydrogen (secondary N) is 3. The van der Waals surface area contributed by atoms with Gasteiger partial charge in [0, 0.05) is 38.9 Å². The van der Waals surface area contributed by atoms with Crippen LogP contribution >= 0.6 is 0 Å². The molecule has 124 valence electrons. The van der Waals surface area contributed by atoms with E-state index in [4.69, 9.17) is 4.74 Å². The molecule has 1 heterocycles. The summed E-state index contributed by atoms with van der Waals surface area (Å²) in [6.07, 6.45) is 0.271. The van der Waals surface area contributed by atoms with Gasteiger partial charge in [0.2, 0.25) is 17.7 Å². The van der Waals surface area contributed by atoms with E-state index >= 15 is 0 Å². The Bertz CT molecular complexity index is 440. The highest BCUT2D eigenvalue weighted by molar-refractivity contribution is 6.03. The van der Waals surface area contributed by atoms with Crippen molar-refractivity contribution in [2.75, 3.05) is 33.4 Å². The third kappa shape index (κ3) is 5.78. The van der Waals surface area contributed by atoms with E-state index in [-0.39, 0.29) is 68.7 Å². The third-order valence-electron chi connectivity index (χ3n) is 3.10. The molecule has 4 amide bonds. The molecule has 1 aliphatic rings. The van der Waals surface area contributed by atoms with Crippen molar-refractivity contribution in [2.24, 2.45) is 5.92 Å². The normalized spacial score (nSPS) is 17.7. The number of hydrazine groups is 1. The van der Waals surface area contributed by atoms with Crippen LogP contribution in [0.15, 0.2) is 0 Å². The summed E-state index contributed by atoms with van der Waals surface area (Å²) in [6, 6.07) is 0. The zero-order chi connectivity index (χ0) is 16.5. The van der Waals surface area contributed by atoms with E-state index in [1.807, 2.05) is 0 Å². The first-order valence-electron chi connectivity index (χ1n) is 7.10. The van der Waals surface area contributed by atoms with Crippen LogP contribution in [0.5, 0.6) is 0 Å². The van der Waals surface area contributed by atoms with E-state index < -0.39 is 0 Å². The summed E-state index contributed by atoms with van der Waals surface area (Å²) in [5.74, 6) is -1.34. The lowest BCUT2D eigenvalue weighted by Crippen LogP contribution is -2.38. The number of ether oxygens (including phenoxy) is 1. The van der Waals surface area contributed by atoms with Crippen molar-refractivity contribution in [1.29, 1.82) is 0 Å². The SMILES string of the molecule is CNNC(=O)COCCNC(=O)CCN1C(=O)CC(C)C1=O. The summed E-state index contributed by atoms with van der Waals surface area (Å²) in [7, 11) is 1.56. The van der Waals surface area contributed by atoms with Crippen molar-refractivity contribution in [3.05, 3.63) is 0 Å². The summed E-state index contributed by atoms with van der Waals surface area (Å²) in [5, 5.41) is 2.59. The first-order valence-corrected chi connectivity index (χ1v) is 7.10. The van der Waals surface area contributed by atoms with Crippen LogP contribution in [0, 0.1) is 5.92 Å². The Morgan fingerprint density at radius 3 is 2.64 bits per heavy atom. The summed E-state index contributed by atoms with van der Waals surface area (Å²) in [5.41, 5.74) is 4.81. The van der Waals surface area contributed by atoms with Crippen LogP contribution in [0.1, 0.15) is 19.8 Å². The fraction of sp³-hybridized carbons (Fsp3) is 0.692. The standard InChI is InChI=1S/C13H22N4O5/c1-9-7-12(20)17(13(9)21)5-3-10(18)15-4-6-22-8-11(19)16-14-2/h9,14H,3-8H2,1-2H3,(H,15,18)(H,16,19). The average molecular weight is 314 g/mol. The van der Waals surface area contributed by atoms with Crippen molar-refractivity contribution >= 4 is 23.6 Å². The molecule has 9 heteroatoms. The Labute approximate surface area is 128 Å². The van der Waals surface area contributed by atoms with E-state index in [0.29, 0.717) is 0 Å². The van der Waals surface area contributed by atoms with Gasteiger partial charge in [-0.2, -0.15) is 0 Å². The topological polar surface area (TPSA) is 117 Å². The summed E-state index contributed by atoms with van der Waals surface area (Å²) in [6.45, 7) is 2.14. The molecule has 0 spiro atoms. The Balaban J connectivity index is 2.10. The van der Waals surface area contributed by atoms with Crippen LogP contribution < -0.4 is 16.2 Å². The first-order chi connectivity index (χ1) is 10.5. The number of carbonyl (C=O) groups excluding carboxylic acids is 4. The average Bonchev–Trinajstić information content (AvgIpc) is 2.70. The molecule has 9 nitrogen and oxygen atoms in total. The van der Waals surface area contributed by atoms with Gasteiger partial charge in [0.15, 0.2) is 0 Å². The fourth-order valence-corrected chi connectivity index (χ4v) is 1.99. The maximum atomic E-state index is 11.7. The summed E-state index contributed by atoms with van der Waals surface area (Å²) in [4.78, 5) is 46.9. The highest BCUT2D eigenvalue weighted by atomic mass is 16.5. The Kier molecular flexibility index (Phi) is 7.47. The molecule has 1 aliphatic heterocycles. The van der Waals surface area contributed by atoms with Crippen LogP contribution in [0.3, 0.4) is 0 Å². The number of amides is 4. The number of carbonyl (C=O) groups is 4. The summed E-state index contributed by atoms with van der Waals surface area (Å²) < 4.78 is 5.04. The molecule has 1 saturated heterocycles. The molecule has 1 atom stereocenters. The smallest absolute Gasteiger partial charge is 0.260 e. The molecule has 0 saturated carbocycles. The lowest BCUT2D eigenvalue weighted by atomic mass is 10.1. The van der Waals surface area contributed by atoms with Crippen LogP contribution in [-0.2, 0) is 23.9 Å². The third-order valence-corrected chi connectivity index (χ3v) is 3.10. The van der Waals surface area contributed by atoms with Gasteiger partial charge in [-0.25, -0.2) is 5.43 Å². The first kappa shape index (κ1) is 18.1. The highest BCUT2D eigenvalue weighted by Gasteiger charge is 2.35. The van der Waals surface area contributed by atoms with Gasteiger partial charge in [0.05, 0.1) is 6.61 Å². The van der Waals surface area contributed by atoms with E-state index in [2.05, 4.69) is 16.2 Å². The number of nitrogens with zero attached hydrogens (tertiary/aromatic N) is 1. The Morgan fingerprint density at radius 2 is 2.05 bits per heavy atom. The largest absolute Gasteiger partial charge is 0.370 e. The second kappa shape index (κ2) is 9.11. The molecule has 0 aliphatic carbocycles. The van der Waals surface area contributed by atoms with E-state index in [1.165, 1.54) is 0 Å². The molecule has 0 aromatic carbocycles. The van der Waals surface area contributed by atoms with Crippen molar-refractivity contribution in [1.82, 2.24) is 21.1 Å². The van der Waals surface area contributed by atoms with Gasteiger partial charge in [-0.15, -0.1) is 0 Å². The Hall–Kier alpha value is -2.00. The fourth-order valence-electron chi connectivity index (χ4n) is 1.99. The van der Waals surface area contributed by atoms with Crippen molar-refractivity contribution in [2.45, 2.75) is 19.8 Å². The predicted octanol–water partition coefficient (Wildman–Crippen LogP) is -1.85. The van der Waals surface area contributed by atoms with Crippen molar-refractivity contribution < 1.29 is 23.9 Å². The quantitative estimate of drug-likeness (QED) is 0.261. The molecule has 0 aromatic heterocycles. The van der Waals surface area contributed by atoms with Crippen molar-refractivity contribution in [3.8, 4) is 0 Å². The molecule has 0 aromatic rings. The zero-order valence-electron chi connectivity index (χ0n) is 12.8. The van der Waals surface area contributed by atoms with Crippen LogP contribution in [0.4, 0.5) is 0 Å². The number of rotatable bonds is 9. The molecule has 1 rings (SSSR count). The second-order valence-electron chi connectivity index (χ2n) is 4.94.